The van der Waals surface area contributed by atoms with Gasteiger partial charge in [-0.1, -0.05) is 17.9 Å². The maximum atomic E-state index is 5.37. The predicted octanol–water partition coefficient (Wildman–Crippen LogP) is 1.40. The zero-order valence-corrected chi connectivity index (χ0v) is 9.04. The van der Waals surface area contributed by atoms with Gasteiger partial charge in [-0.2, -0.15) is 0 Å². The largest absolute Gasteiger partial charge is 0.495 e. The van der Waals surface area contributed by atoms with Crippen molar-refractivity contribution in [1.82, 2.24) is 0 Å². The Morgan fingerprint density at radius 2 is 1.80 bits per heavy atom. The summed E-state index contributed by atoms with van der Waals surface area (Å²) in [6.07, 6.45) is 0.668. The van der Waals surface area contributed by atoms with Gasteiger partial charge in [-0.15, -0.1) is 0 Å². The number of hydrogen-bond donors (Lipinski definition) is 1. The third kappa shape index (κ3) is 2.90. The molecule has 0 aliphatic carbocycles. The van der Waals surface area contributed by atoms with Gasteiger partial charge in [0, 0.05) is 13.0 Å². The van der Waals surface area contributed by atoms with Crippen LogP contribution in [0.5, 0.6) is 11.5 Å². The van der Waals surface area contributed by atoms with Crippen LogP contribution in [0.1, 0.15) is 12.0 Å². The molecule has 0 aliphatic rings. The van der Waals surface area contributed by atoms with Crippen LogP contribution >= 0.6 is 0 Å². The SMILES string of the molecule is COc1cccc(OC)c1C#CCCN. The Morgan fingerprint density at radius 1 is 1.20 bits per heavy atom. The summed E-state index contributed by atoms with van der Waals surface area (Å²) in [5.41, 5.74) is 6.14. The lowest BCUT2D eigenvalue weighted by atomic mass is 10.1. The molecule has 0 radical (unpaired) electrons. The van der Waals surface area contributed by atoms with Crippen LogP contribution in [-0.4, -0.2) is 20.8 Å². The summed E-state index contributed by atoms with van der Waals surface area (Å²) in [4.78, 5) is 0. The summed E-state index contributed by atoms with van der Waals surface area (Å²) < 4.78 is 10.4. The highest BCUT2D eigenvalue weighted by Gasteiger charge is 2.05. The van der Waals surface area contributed by atoms with E-state index < -0.39 is 0 Å². The van der Waals surface area contributed by atoms with E-state index in [-0.39, 0.29) is 0 Å². The molecule has 0 spiro atoms. The maximum absolute atomic E-state index is 5.37. The van der Waals surface area contributed by atoms with Gasteiger partial charge >= 0.3 is 0 Å². The quantitative estimate of drug-likeness (QED) is 0.759. The molecule has 2 N–H and O–H groups in total. The number of hydrogen-bond acceptors (Lipinski definition) is 3. The zero-order valence-electron chi connectivity index (χ0n) is 9.04. The van der Waals surface area contributed by atoms with Gasteiger partial charge in [0.15, 0.2) is 0 Å². The van der Waals surface area contributed by atoms with Crippen LogP contribution in [0.25, 0.3) is 0 Å². The fourth-order valence-electron chi connectivity index (χ4n) is 1.20. The smallest absolute Gasteiger partial charge is 0.138 e. The van der Waals surface area contributed by atoms with Gasteiger partial charge in [0.1, 0.15) is 17.1 Å². The van der Waals surface area contributed by atoms with Crippen LogP contribution in [0.3, 0.4) is 0 Å². The second kappa shape index (κ2) is 5.94. The molecular formula is C12H15NO2. The van der Waals surface area contributed by atoms with E-state index in [0.717, 1.165) is 17.1 Å². The molecule has 0 fully saturated rings. The first-order chi connectivity index (χ1) is 7.33. The first kappa shape index (κ1) is 11.4. The van der Waals surface area contributed by atoms with Crippen molar-refractivity contribution >= 4 is 0 Å². The number of rotatable bonds is 3. The molecule has 0 saturated heterocycles. The minimum atomic E-state index is 0.560. The van der Waals surface area contributed by atoms with E-state index >= 15 is 0 Å². The Hall–Kier alpha value is -1.66. The Balaban J connectivity index is 3.07. The molecule has 0 aliphatic heterocycles. The second-order valence-electron chi connectivity index (χ2n) is 2.88. The highest BCUT2D eigenvalue weighted by molar-refractivity contribution is 5.55. The molecule has 1 rings (SSSR count). The Bertz CT molecular complexity index is 355. The lowest BCUT2D eigenvalue weighted by molar-refractivity contribution is 0.392. The molecule has 1 aromatic carbocycles. The topological polar surface area (TPSA) is 44.5 Å². The minimum Gasteiger partial charge on any atom is -0.495 e. The van der Waals surface area contributed by atoms with Crippen molar-refractivity contribution < 1.29 is 9.47 Å². The highest BCUT2D eigenvalue weighted by Crippen LogP contribution is 2.26. The van der Waals surface area contributed by atoms with E-state index in [2.05, 4.69) is 11.8 Å². The van der Waals surface area contributed by atoms with E-state index in [4.69, 9.17) is 15.2 Å². The second-order valence-corrected chi connectivity index (χ2v) is 2.88. The average molecular weight is 205 g/mol. The lowest BCUT2D eigenvalue weighted by Crippen LogP contribution is -1.96. The van der Waals surface area contributed by atoms with Crippen molar-refractivity contribution in [3.8, 4) is 23.3 Å². The van der Waals surface area contributed by atoms with Gasteiger partial charge in [0.2, 0.25) is 0 Å². The van der Waals surface area contributed by atoms with Crippen molar-refractivity contribution in [1.29, 1.82) is 0 Å². The molecule has 0 unspecified atom stereocenters. The molecule has 0 amide bonds. The van der Waals surface area contributed by atoms with Crippen molar-refractivity contribution in [2.75, 3.05) is 20.8 Å². The number of nitrogens with two attached hydrogens (primary N) is 1. The first-order valence-electron chi connectivity index (χ1n) is 4.73. The third-order valence-electron chi connectivity index (χ3n) is 1.91. The molecule has 3 heteroatoms. The van der Waals surface area contributed by atoms with E-state index in [1.807, 2.05) is 18.2 Å². The van der Waals surface area contributed by atoms with Gasteiger partial charge < -0.3 is 15.2 Å². The van der Waals surface area contributed by atoms with Crippen molar-refractivity contribution in [2.24, 2.45) is 5.73 Å². The Kier molecular flexibility index (Phi) is 4.52. The summed E-state index contributed by atoms with van der Waals surface area (Å²) in [5.74, 6) is 7.41. The fourth-order valence-corrected chi connectivity index (χ4v) is 1.20. The molecule has 1 aromatic rings. The highest BCUT2D eigenvalue weighted by atomic mass is 16.5. The van der Waals surface area contributed by atoms with Crippen LogP contribution in [0.15, 0.2) is 18.2 Å². The summed E-state index contributed by atoms with van der Waals surface area (Å²) in [6.45, 7) is 0.560. The van der Waals surface area contributed by atoms with Crippen LogP contribution < -0.4 is 15.2 Å². The van der Waals surface area contributed by atoms with Crippen molar-refractivity contribution in [3.63, 3.8) is 0 Å². The molecule has 0 atom stereocenters. The molecule has 15 heavy (non-hydrogen) atoms. The Labute approximate surface area is 90.2 Å². The number of ether oxygens (including phenoxy) is 2. The molecule has 0 aromatic heterocycles. The molecule has 0 heterocycles. The van der Waals surface area contributed by atoms with E-state index in [9.17, 15) is 0 Å². The summed E-state index contributed by atoms with van der Waals surface area (Å²) in [6, 6.07) is 5.58. The number of benzene rings is 1. The third-order valence-corrected chi connectivity index (χ3v) is 1.91. The maximum Gasteiger partial charge on any atom is 0.138 e. The van der Waals surface area contributed by atoms with Crippen LogP contribution in [0, 0.1) is 11.8 Å². The lowest BCUT2D eigenvalue weighted by Gasteiger charge is -2.07. The standard InChI is InChI=1S/C12H15NO2/c1-14-11-7-5-8-12(15-2)10(11)6-3-4-9-13/h5,7-8H,4,9,13H2,1-2H3. The molecule has 80 valence electrons. The predicted molar refractivity (Wildman–Crippen MR) is 60.1 cm³/mol. The fraction of sp³-hybridized carbons (Fsp3) is 0.333. The van der Waals surface area contributed by atoms with E-state index in [1.165, 1.54) is 0 Å². The van der Waals surface area contributed by atoms with Crippen molar-refractivity contribution in [3.05, 3.63) is 23.8 Å². The Morgan fingerprint density at radius 3 is 2.27 bits per heavy atom. The van der Waals surface area contributed by atoms with Crippen LogP contribution in [0.2, 0.25) is 0 Å². The van der Waals surface area contributed by atoms with Gasteiger partial charge in [-0.25, -0.2) is 0 Å². The summed E-state index contributed by atoms with van der Waals surface area (Å²) in [7, 11) is 3.23. The van der Waals surface area contributed by atoms with Gasteiger partial charge in [-0.3, -0.25) is 0 Å². The first-order valence-corrected chi connectivity index (χ1v) is 4.73. The number of methoxy groups -OCH3 is 2. The molecular weight excluding hydrogens is 190 g/mol. The normalized spacial score (nSPS) is 9.00. The summed E-state index contributed by atoms with van der Waals surface area (Å²) in [5, 5.41) is 0. The molecule has 3 nitrogen and oxygen atoms in total. The van der Waals surface area contributed by atoms with Crippen LogP contribution in [-0.2, 0) is 0 Å². The van der Waals surface area contributed by atoms with E-state index in [0.29, 0.717) is 13.0 Å². The van der Waals surface area contributed by atoms with Crippen LogP contribution in [0.4, 0.5) is 0 Å². The monoisotopic (exact) mass is 205 g/mol. The zero-order chi connectivity index (χ0) is 11.1. The van der Waals surface area contributed by atoms with Gasteiger partial charge in [-0.05, 0) is 12.1 Å². The van der Waals surface area contributed by atoms with Gasteiger partial charge in [0.05, 0.1) is 14.2 Å². The average Bonchev–Trinajstić information content (AvgIpc) is 2.29. The van der Waals surface area contributed by atoms with Gasteiger partial charge in [0.25, 0.3) is 0 Å². The molecule has 0 bridgehead atoms. The minimum absolute atomic E-state index is 0.560. The van der Waals surface area contributed by atoms with Crippen molar-refractivity contribution in [2.45, 2.75) is 6.42 Å². The van der Waals surface area contributed by atoms with E-state index in [1.54, 1.807) is 14.2 Å². The molecule has 0 saturated carbocycles. The summed E-state index contributed by atoms with van der Waals surface area (Å²) >= 11 is 0.